The van der Waals surface area contributed by atoms with Crippen molar-refractivity contribution in [2.75, 3.05) is 11.9 Å². The van der Waals surface area contributed by atoms with Crippen molar-refractivity contribution in [3.63, 3.8) is 0 Å². The number of phenolic OH excluding ortho intramolecular Hbond substituents is 1. The SMILES string of the molecule is O=C(Cc1ccccc1O)Nc1ncc(C#CCO)s1. The lowest BCUT2D eigenvalue weighted by molar-refractivity contribution is -0.115. The second kappa shape index (κ2) is 6.70. The summed E-state index contributed by atoms with van der Waals surface area (Å²) < 4.78 is 0. The number of amides is 1. The molecule has 0 spiro atoms. The van der Waals surface area contributed by atoms with E-state index in [4.69, 9.17) is 5.11 Å². The molecule has 1 heterocycles. The summed E-state index contributed by atoms with van der Waals surface area (Å²) >= 11 is 1.23. The minimum atomic E-state index is -0.262. The maximum absolute atomic E-state index is 11.8. The van der Waals surface area contributed by atoms with Gasteiger partial charge in [-0.1, -0.05) is 41.4 Å². The lowest BCUT2D eigenvalue weighted by Crippen LogP contribution is -2.14. The van der Waals surface area contributed by atoms with E-state index >= 15 is 0 Å². The molecule has 2 rings (SSSR count). The van der Waals surface area contributed by atoms with Crippen molar-refractivity contribution >= 4 is 22.4 Å². The highest BCUT2D eigenvalue weighted by Crippen LogP contribution is 2.19. The Hall–Kier alpha value is -2.36. The first-order valence-electron chi connectivity index (χ1n) is 5.81. The van der Waals surface area contributed by atoms with E-state index in [1.54, 1.807) is 18.2 Å². The van der Waals surface area contributed by atoms with E-state index in [1.165, 1.54) is 23.6 Å². The molecule has 0 saturated carbocycles. The molecule has 1 aromatic carbocycles. The van der Waals surface area contributed by atoms with Crippen molar-refractivity contribution in [2.45, 2.75) is 6.42 Å². The van der Waals surface area contributed by atoms with Crippen LogP contribution in [0.15, 0.2) is 30.5 Å². The third kappa shape index (κ3) is 3.82. The molecule has 0 atom stereocenters. The van der Waals surface area contributed by atoms with Crippen molar-refractivity contribution < 1.29 is 15.0 Å². The molecular formula is C14H12N2O3S. The highest BCUT2D eigenvalue weighted by Gasteiger charge is 2.09. The summed E-state index contributed by atoms with van der Waals surface area (Å²) in [7, 11) is 0. The summed E-state index contributed by atoms with van der Waals surface area (Å²) in [4.78, 5) is 16.5. The minimum Gasteiger partial charge on any atom is -0.508 e. The standard InChI is InChI=1S/C14H12N2O3S/c17-7-3-5-11-9-15-14(20-11)16-13(19)8-10-4-1-2-6-12(10)18/h1-2,4,6,9,17-18H,7-8H2,(H,15,16,19). The van der Waals surface area contributed by atoms with Gasteiger partial charge in [0.2, 0.25) is 5.91 Å². The Balaban J connectivity index is 1.98. The van der Waals surface area contributed by atoms with E-state index in [-0.39, 0.29) is 24.7 Å². The number of hydrogen-bond donors (Lipinski definition) is 3. The first-order chi connectivity index (χ1) is 9.69. The summed E-state index contributed by atoms with van der Waals surface area (Å²) in [5, 5.41) is 21.3. The summed E-state index contributed by atoms with van der Waals surface area (Å²) in [6.07, 6.45) is 1.60. The highest BCUT2D eigenvalue weighted by atomic mass is 32.1. The largest absolute Gasteiger partial charge is 0.508 e. The summed E-state index contributed by atoms with van der Waals surface area (Å²) in [6, 6.07) is 6.68. The zero-order valence-corrected chi connectivity index (χ0v) is 11.3. The minimum absolute atomic E-state index is 0.0733. The first-order valence-corrected chi connectivity index (χ1v) is 6.63. The van der Waals surface area contributed by atoms with E-state index in [0.29, 0.717) is 15.6 Å². The van der Waals surface area contributed by atoms with Crippen molar-refractivity contribution in [1.29, 1.82) is 0 Å². The number of thiazole rings is 1. The number of carbonyl (C=O) groups excluding carboxylic acids is 1. The highest BCUT2D eigenvalue weighted by molar-refractivity contribution is 7.16. The van der Waals surface area contributed by atoms with Crippen molar-refractivity contribution in [1.82, 2.24) is 4.98 Å². The molecule has 0 saturated heterocycles. The molecule has 6 heteroatoms. The first kappa shape index (κ1) is 14.1. The fraction of sp³-hybridized carbons (Fsp3) is 0.143. The van der Waals surface area contributed by atoms with Crippen LogP contribution >= 0.6 is 11.3 Å². The molecule has 5 nitrogen and oxygen atoms in total. The van der Waals surface area contributed by atoms with E-state index in [1.807, 2.05) is 0 Å². The Kier molecular flexibility index (Phi) is 4.71. The third-order valence-electron chi connectivity index (χ3n) is 2.39. The van der Waals surface area contributed by atoms with Crippen LogP contribution in [0.2, 0.25) is 0 Å². The molecule has 1 amide bonds. The number of nitrogens with zero attached hydrogens (tertiary/aromatic N) is 1. The Morgan fingerprint density at radius 2 is 2.20 bits per heavy atom. The van der Waals surface area contributed by atoms with E-state index in [9.17, 15) is 9.90 Å². The number of phenols is 1. The predicted octanol–water partition coefficient (Wildman–Crippen LogP) is 1.37. The molecule has 0 aliphatic rings. The number of aromatic nitrogens is 1. The molecule has 2 aromatic rings. The van der Waals surface area contributed by atoms with Crippen LogP contribution in [0.4, 0.5) is 5.13 Å². The molecule has 0 aliphatic carbocycles. The number of aliphatic hydroxyl groups is 1. The molecule has 0 radical (unpaired) electrons. The number of aliphatic hydroxyl groups excluding tert-OH is 1. The average Bonchev–Trinajstić information content (AvgIpc) is 2.86. The zero-order valence-electron chi connectivity index (χ0n) is 10.5. The van der Waals surface area contributed by atoms with Crippen LogP contribution in [0.5, 0.6) is 5.75 Å². The van der Waals surface area contributed by atoms with Gasteiger partial charge in [0.1, 0.15) is 12.4 Å². The number of para-hydroxylation sites is 1. The van der Waals surface area contributed by atoms with Gasteiger partial charge in [0.05, 0.1) is 17.5 Å². The van der Waals surface area contributed by atoms with Gasteiger partial charge in [0, 0.05) is 5.56 Å². The van der Waals surface area contributed by atoms with Crippen LogP contribution in [-0.4, -0.2) is 27.7 Å². The molecule has 0 bridgehead atoms. The van der Waals surface area contributed by atoms with Gasteiger partial charge in [-0.2, -0.15) is 0 Å². The van der Waals surface area contributed by atoms with Gasteiger partial charge in [-0.05, 0) is 6.07 Å². The lowest BCUT2D eigenvalue weighted by atomic mass is 10.1. The Labute approximate surface area is 119 Å². The molecule has 20 heavy (non-hydrogen) atoms. The number of rotatable bonds is 3. The summed E-state index contributed by atoms with van der Waals surface area (Å²) in [5.74, 6) is 5.05. The van der Waals surface area contributed by atoms with Crippen LogP contribution in [0.25, 0.3) is 0 Å². The molecule has 1 aromatic heterocycles. The Morgan fingerprint density at radius 3 is 2.95 bits per heavy atom. The van der Waals surface area contributed by atoms with Gasteiger partial charge in [-0.25, -0.2) is 4.98 Å². The summed E-state index contributed by atoms with van der Waals surface area (Å²) in [5.41, 5.74) is 0.557. The number of carbonyl (C=O) groups is 1. The second-order valence-corrected chi connectivity index (χ2v) is 4.87. The van der Waals surface area contributed by atoms with Crippen LogP contribution in [0.3, 0.4) is 0 Å². The number of nitrogens with one attached hydrogen (secondary N) is 1. The maximum atomic E-state index is 11.8. The van der Waals surface area contributed by atoms with E-state index in [0.717, 1.165) is 0 Å². The van der Waals surface area contributed by atoms with Crippen LogP contribution in [-0.2, 0) is 11.2 Å². The van der Waals surface area contributed by atoms with E-state index in [2.05, 4.69) is 22.1 Å². The van der Waals surface area contributed by atoms with Gasteiger partial charge in [0.25, 0.3) is 0 Å². The monoisotopic (exact) mass is 288 g/mol. The molecule has 0 aliphatic heterocycles. The fourth-order valence-corrected chi connectivity index (χ4v) is 2.22. The van der Waals surface area contributed by atoms with Crippen LogP contribution in [0, 0.1) is 11.8 Å². The number of benzene rings is 1. The smallest absolute Gasteiger partial charge is 0.230 e. The van der Waals surface area contributed by atoms with Gasteiger partial charge >= 0.3 is 0 Å². The number of anilines is 1. The predicted molar refractivity (Wildman–Crippen MR) is 76.5 cm³/mol. The third-order valence-corrected chi connectivity index (χ3v) is 3.21. The fourth-order valence-electron chi connectivity index (χ4n) is 1.51. The van der Waals surface area contributed by atoms with Crippen LogP contribution in [0.1, 0.15) is 10.4 Å². The van der Waals surface area contributed by atoms with E-state index < -0.39 is 0 Å². The van der Waals surface area contributed by atoms with Crippen molar-refractivity contribution in [3.05, 3.63) is 40.9 Å². The lowest BCUT2D eigenvalue weighted by Gasteiger charge is -2.03. The molecule has 0 fully saturated rings. The molecule has 102 valence electrons. The molecule has 3 N–H and O–H groups in total. The van der Waals surface area contributed by atoms with Gasteiger partial charge in [0.15, 0.2) is 5.13 Å². The van der Waals surface area contributed by atoms with Gasteiger partial charge in [-0.15, -0.1) is 0 Å². The zero-order chi connectivity index (χ0) is 14.4. The molecule has 0 unspecified atom stereocenters. The number of hydrogen-bond acceptors (Lipinski definition) is 5. The Morgan fingerprint density at radius 1 is 1.40 bits per heavy atom. The van der Waals surface area contributed by atoms with Gasteiger partial charge in [-0.3, -0.25) is 4.79 Å². The van der Waals surface area contributed by atoms with Crippen molar-refractivity contribution in [2.24, 2.45) is 0 Å². The second-order valence-electron chi connectivity index (χ2n) is 3.84. The normalized spacial score (nSPS) is 9.65. The quantitative estimate of drug-likeness (QED) is 0.745. The topological polar surface area (TPSA) is 82.5 Å². The van der Waals surface area contributed by atoms with Crippen molar-refractivity contribution in [3.8, 4) is 17.6 Å². The van der Waals surface area contributed by atoms with Gasteiger partial charge < -0.3 is 15.5 Å². The van der Waals surface area contributed by atoms with Crippen LogP contribution < -0.4 is 5.32 Å². The maximum Gasteiger partial charge on any atom is 0.230 e. The summed E-state index contributed by atoms with van der Waals surface area (Å²) in [6.45, 7) is -0.215. The average molecular weight is 288 g/mol. The number of aromatic hydroxyl groups is 1. The Bertz CT molecular complexity index is 670. The molecular weight excluding hydrogens is 276 g/mol.